The SMILES string of the molecule is CCCc1ccccc1C[NH+](CC(C)C)CC(C)C.Fc1c(F)c(F)c([B-](c2c(F)c(F)c(F)c(F)c2F)(c2c(F)c(F)c(F)c(F)c2F)c2c(F)c(F)c(F)c(F)c2F)c(F)c1F. The van der Waals surface area contributed by atoms with E-state index >= 15 is 35.1 Å². The highest BCUT2D eigenvalue weighted by Gasteiger charge is 2.52. The van der Waals surface area contributed by atoms with Gasteiger partial charge in [-0.15, -0.1) is 21.9 Å². The van der Waals surface area contributed by atoms with Crippen molar-refractivity contribution in [1.29, 1.82) is 0 Å². The summed E-state index contributed by atoms with van der Waals surface area (Å²) in [4.78, 5) is 1.73. The molecule has 1 N–H and O–H groups in total. The normalized spacial score (nSPS) is 11.9. The summed E-state index contributed by atoms with van der Waals surface area (Å²) in [5, 5.41) is 0. The Kier molecular flexibility index (Phi) is 15.9. The Labute approximate surface area is 351 Å². The van der Waals surface area contributed by atoms with Gasteiger partial charge in [0, 0.05) is 17.4 Å². The van der Waals surface area contributed by atoms with E-state index in [0.717, 1.165) is 11.8 Å². The van der Waals surface area contributed by atoms with Gasteiger partial charge in [0.2, 0.25) is 0 Å². The molecule has 0 saturated carbocycles. The lowest BCUT2D eigenvalue weighted by atomic mass is 9.12. The predicted molar refractivity (Wildman–Crippen MR) is 194 cm³/mol. The maximum absolute atomic E-state index is 15.4. The minimum Gasteiger partial charge on any atom is -0.331 e. The van der Waals surface area contributed by atoms with E-state index in [1.54, 1.807) is 16.0 Å². The number of aryl methyl sites for hydroxylation is 1. The van der Waals surface area contributed by atoms with E-state index < -0.39 is 144 Å². The van der Waals surface area contributed by atoms with Crippen molar-refractivity contribution in [3.8, 4) is 0 Å². The van der Waals surface area contributed by atoms with E-state index in [1.165, 1.54) is 32.5 Å². The molecule has 1 nitrogen and oxygen atoms in total. The third-order valence-electron chi connectivity index (χ3n) is 10.2. The molecule has 0 spiro atoms. The molecule has 5 aromatic carbocycles. The molecule has 0 aliphatic heterocycles. The maximum atomic E-state index is 15.4. The average Bonchev–Trinajstić information content (AvgIpc) is 3.24. The average molecular weight is 941 g/mol. The van der Waals surface area contributed by atoms with E-state index in [0.29, 0.717) is 0 Å². The minimum atomic E-state index is -7.22. The first-order valence-electron chi connectivity index (χ1n) is 18.9. The fourth-order valence-corrected chi connectivity index (χ4v) is 7.77. The Hall–Kier alpha value is -5.28. The molecule has 5 aromatic rings. The largest absolute Gasteiger partial charge is 0.331 e. The van der Waals surface area contributed by atoms with Crippen LogP contribution < -0.4 is 26.8 Å². The van der Waals surface area contributed by atoms with Gasteiger partial charge < -0.3 is 4.90 Å². The fraction of sp³-hybridized carbons (Fsp3) is 0.286. The summed E-state index contributed by atoms with van der Waals surface area (Å²) in [6.07, 6.45) is -4.77. The molecule has 5 rings (SSSR count). The summed E-state index contributed by atoms with van der Waals surface area (Å²) in [6, 6.07) is 9.00. The van der Waals surface area contributed by atoms with Gasteiger partial charge in [-0.2, -0.15) is 0 Å². The van der Waals surface area contributed by atoms with Crippen molar-refractivity contribution < 1.29 is 92.7 Å². The molecule has 64 heavy (non-hydrogen) atoms. The molecule has 0 aliphatic carbocycles. The third kappa shape index (κ3) is 8.89. The zero-order valence-electron chi connectivity index (χ0n) is 33.6. The van der Waals surface area contributed by atoms with Gasteiger partial charge in [-0.25, -0.2) is 87.8 Å². The van der Waals surface area contributed by atoms with Crippen LogP contribution in [0.2, 0.25) is 0 Å². The van der Waals surface area contributed by atoms with Crippen LogP contribution in [-0.4, -0.2) is 19.2 Å². The van der Waals surface area contributed by atoms with Crippen molar-refractivity contribution in [2.75, 3.05) is 13.1 Å². The van der Waals surface area contributed by atoms with Crippen LogP contribution in [0.3, 0.4) is 0 Å². The topological polar surface area (TPSA) is 4.44 Å². The number of hydrogen-bond acceptors (Lipinski definition) is 0. The highest BCUT2D eigenvalue weighted by Crippen LogP contribution is 2.31. The Morgan fingerprint density at radius 2 is 0.578 bits per heavy atom. The van der Waals surface area contributed by atoms with Crippen LogP contribution in [-0.2, 0) is 13.0 Å². The van der Waals surface area contributed by atoms with E-state index in [1.807, 2.05) is 0 Å². The number of benzene rings is 5. The molecular formula is C42H32BF20N. The Morgan fingerprint density at radius 1 is 0.359 bits per heavy atom. The Bertz CT molecular complexity index is 2180. The number of nitrogens with one attached hydrogen (secondary N) is 1. The summed E-state index contributed by atoms with van der Waals surface area (Å²) >= 11 is 0. The van der Waals surface area contributed by atoms with Crippen molar-refractivity contribution in [2.45, 2.75) is 54.0 Å². The molecule has 0 atom stereocenters. The van der Waals surface area contributed by atoms with Crippen molar-refractivity contribution in [2.24, 2.45) is 11.8 Å². The van der Waals surface area contributed by atoms with Gasteiger partial charge in [-0.05, 0) is 12.0 Å². The first kappa shape index (κ1) is 51.4. The lowest BCUT2D eigenvalue weighted by molar-refractivity contribution is -0.919. The number of quaternary nitrogens is 1. The van der Waals surface area contributed by atoms with Crippen LogP contribution >= 0.6 is 0 Å². The standard InChI is InChI=1S/C24BF20.C18H31N/c26-5-1(6(27)14(35)21(42)13(5)34)25(2-7(28)15(36)22(43)16(37)8(2)29,3-9(30)17(38)23(44)18(39)10(3)31)4-11(32)19(40)24(45)20(41)12(4)33;1-6-9-17-10-7-8-11-18(17)14-19(12-15(2)3)13-16(4)5/h;7-8,10-11,15-16H,6,9,12-14H2,1-5H3/q-1;/p+1. The molecule has 0 radical (unpaired) electrons. The van der Waals surface area contributed by atoms with Gasteiger partial charge in [0.1, 0.15) is 59.2 Å². The molecule has 0 aromatic heterocycles. The number of hydrogen-bond donors (Lipinski definition) is 1. The smallest absolute Gasteiger partial charge is 0.200 e. The van der Waals surface area contributed by atoms with Crippen LogP contribution in [0.25, 0.3) is 0 Å². The minimum absolute atomic E-state index is 0.770. The fourth-order valence-electron chi connectivity index (χ4n) is 7.77. The van der Waals surface area contributed by atoms with Gasteiger partial charge >= 0.3 is 0 Å². The van der Waals surface area contributed by atoms with Crippen molar-refractivity contribution in [3.63, 3.8) is 0 Å². The summed E-state index contributed by atoms with van der Waals surface area (Å²) in [7, 11) is 0. The highest BCUT2D eigenvalue weighted by molar-refractivity contribution is 7.20. The maximum Gasteiger partial charge on any atom is 0.200 e. The Morgan fingerprint density at radius 3 is 0.797 bits per heavy atom. The van der Waals surface area contributed by atoms with Crippen molar-refractivity contribution in [1.82, 2.24) is 0 Å². The molecule has 0 saturated heterocycles. The second-order valence-electron chi connectivity index (χ2n) is 15.4. The quantitative estimate of drug-likeness (QED) is 0.0552. The monoisotopic (exact) mass is 941 g/mol. The first-order chi connectivity index (χ1) is 29.7. The van der Waals surface area contributed by atoms with Crippen LogP contribution in [0.4, 0.5) is 87.8 Å². The third-order valence-corrected chi connectivity index (χ3v) is 10.2. The lowest BCUT2D eigenvalue weighted by Crippen LogP contribution is -3.11. The molecular weight excluding hydrogens is 909 g/mol. The van der Waals surface area contributed by atoms with Crippen LogP contribution in [0.5, 0.6) is 0 Å². The zero-order valence-corrected chi connectivity index (χ0v) is 33.6. The number of rotatable bonds is 12. The van der Waals surface area contributed by atoms with Gasteiger partial charge in [0.05, 0.1) is 13.1 Å². The van der Waals surface area contributed by atoms with Crippen LogP contribution in [0.15, 0.2) is 24.3 Å². The van der Waals surface area contributed by atoms with Gasteiger partial charge in [-0.3, -0.25) is 0 Å². The molecule has 22 heteroatoms. The van der Waals surface area contributed by atoms with Crippen LogP contribution in [0, 0.1) is 128 Å². The van der Waals surface area contributed by atoms with Gasteiger partial charge in [-0.1, -0.05) is 65.3 Å². The molecule has 0 unspecified atom stereocenters. The second kappa shape index (κ2) is 19.9. The summed E-state index contributed by atoms with van der Waals surface area (Å²) in [5.74, 6) is -69.9. The van der Waals surface area contributed by atoms with E-state index in [-0.39, 0.29) is 0 Å². The van der Waals surface area contributed by atoms with E-state index in [2.05, 4.69) is 58.9 Å². The van der Waals surface area contributed by atoms with Crippen molar-refractivity contribution in [3.05, 3.63) is 152 Å². The van der Waals surface area contributed by atoms with Gasteiger partial charge in [0.25, 0.3) is 0 Å². The zero-order chi connectivity index (χ0) is 48.6. The second-order valence-corrected chi connectivity index (χ2v) is 15.4. The molecule has 348 valence electrons. The molecule has 0 aliphatic rings. The van der Waals surface area contributed by atoms with Gasteiger partial charge in [0.15, 0.2) is 69.8 Å². The van der Waals surface area contributed by atoms with Crippen LogP contribution in [0.1, 0.15) is 52.2 Å². The first-order valence-corrected chi connectivity index (χ1v) is 18.9. The molecule has 0 heterocycles. The molecule has 0 amide bonds. The van der Waals surface area contributed by atoms with Crippen molar-refractivity contribution >= 4 is 28.0 Å². The predicted octanol–water partition coefficient (Wildman–Crippen LogP) is 9.18. The highest BCUT2D eigenvalue weighted by atomic mass is 19.2. The Balaban J connectivity index is 0.000000395. The van der Waals surface area contributed by atoms with E-state index in [4.69, 9.17) is 0 Å². The summed E-state index contributed by atoms with van der Waals surface area (Å²) in [5.41, 5.74) is -11.2. The molecule has 0 fully saturated rings. The number of halogens is 20. The molecule has 0 bridgehead atoms. The summed E-state index contributed by atoms with van der Waals surface area (Å²) < 4.78 is 294. The summed E-state index contributed by atoms with van der Waals surface area (Å²) in [6.45, 7) is 15.3. The lowest BCUT2D eigenvalue weighted by Gasteiger charge is -2.44. The van der Waals surface area contributed by atoms with E-state index in [9.17, 15) is 52.7 Å².